The van der Waals surface area contributed by atoms with Gasteiger partial charge in [0, 0.05) is 35.8 Å². The Bertz CT molecular complexity index is 904. The van der Waals surface area contributed by atoms with Crippen molar-refractivity contribution in [2.75, 3.05) is 18.5 Å². The molecule has 1 aromatic heterocycles. The lowest BCUT2D eigenvalue weighted by molar-refractivity contribution is -0.113. The van der Waals surface area contributed by atoms with E-state index in [1.807, 2.05) is 24.1 Å². The standard InChI is InChI=1S/C24H28N2O2.ClH/c1-26(23(27)9-8-17-10-14-28-16-17)22-7-4-6-19-18(22)15-21-20-5-2-3-11-24(19,20)12-13-25-21;/h4,6-10,14,16,20-21,25H,2-3,5,11-13,15H2,1H3;1H/t20-,21+,24-;/m0./s1. The van der Waals surface area contributed by atoms with Gasteiger partial charge in [0.2, 0.25) is 0 Å². The summed E-state index contributed by atoms with van der Waals surface area (Å²) in [5.74, 6) is 0.746. The van der Waals surface area contributed by atoms with Gasteiger partial charge in [-0.15, -0.1) is 12.4 Å². The highest BCUT2D eigenvalue weighted by Gasteiger charge is 2.51. The Labute approximate surface area is 178 Å². The van der Waals surface area contributed by atoms with Crippen molar-refractivity contribution in [2.45, 2.75) is 50.0 Å². The molecule has 2 aliphatic carbocycles. The van der Waals surface area contributed by atoms with Gasteiger partial charge in [-0.25, -0.2) is 0 Å². The number of piperidine rings is 1. The van der Waals surface area contributed by atoms with Gasteiger partial charge >= 0.3 is 0 Å². The number of rotatable bonds is 3. The third-order valence-corrected chi connectivity index (χ3v) is 7.33. The molecule has 0 radical (unpaired) electrons. The van der Waals surface area contributed by atoms with E-state index in [1.165, 1.54) is 43.2 Å². The Morgan fingerprint density at radius 2 is 2.17 bits per heavy atom. The number of likely N-dealkylation sites (N-methyl/N-ethyl adjacent to an activating group) is 1. The van der Waals surface area contributed by atoms with E-state index >= 15 is 0 Å². The summed E-state index contributed by atoms with van der Waals surface area (Å²) in [7, 11) is 1.89. The maximum Gasteiger partial charge on any atom is 0.250 e. The van der Waals surface area contributed by atoms with Crippen LogP contribution in [-0.2, 0) is 16.6 Å². The lowest BCUT2D eigenvalue weighted by atomic mass is 9.52. The monoisotopic (exact) mass is 412 g/mol. The molecule has 1 aliphatic heterocycles. The highest BCUT2D eigenvalue weighted by atomic mass is 35.5. The first-order chi connectivity index (χ1) is 13.7. The molecule has 29 heavy (non-hydrogen) atoms. The number of hydrogen-bond acceptors (Lipinski definition) is 3. The summed E-state index contributed by atoms with van der Waals surface area (Å²) in [6, 6.07) is 9.01. The van der Waals surface area contributed by atoms with Crippen molar-refractivity contribution in [3.05, 3.63) is 59.6 Å². The average Bonchev–Trinajstić information content (AvgIpc) is 3.25. The van der Waals surface area contributed by atoms with Gasteiger partial charge in [0.1, 0.15) is 0 Å². The van der Waals surface area contributed by atoms with Crippen LogP contribution >= 0.6 is 12.4 Å². The zero-order valence-corrected chi connectivity index (χ0v) is 17.7. The normalized spacial score (nSPS) is 27.6. The number of amides is 1. The summed E-state index contributed by atoms with van der Waals surface area (Å²) in [5, 5.41) is 3.80. The van der Waals surface area contributed by atoms with Crippen molar-refractivity contribution in [3.8, 4) is 0 Å². The molecule has 5 heteroatoms. The van der Waals surface area contributed by atoms with Gasteiger partial charge in [0.15, 0.2) is 0 Å². The van der Waals surface area contributed by atoms with Crippen LogP contribution in [0.2, 0.25) is 0 Å². The van der Waals surface area contributed by atoms with Crippen LogP contribution in [0, 0.1) is 5.92 Å². The van der Waals surface area contributed by atoms with Crippen molar-refractivity contribution in [3.63, 3.8) is 0 Å². The summed E-state index contributed by atoms with van der Waals surface area (Å²) < 4.78 is 5.08. The molecule has 1 aromatic carbocycles. The van der Waals surface area contributed by atoms with E-state index in [-0.39, 0.29) is 18.3 Å². The van der Waals surface area contributed by atoms with Gasteiger partial charge in [-0.05, 0) is 67.5 Å². The van der Waals surface area contributed by atoms with Crippen LogP contribution in [0.15, 0.2) is 47.3 Å². The van der Waals surface area contributed by atoms with Crippen LogP contribution in [0.25, 0.3) is 6.08 Å². The molecule has 3 atom stereocenters. The number of benzene rings is 1. The maximum atomic E-state index is 12.8. The number of hydrogen-bond donors (Lipinski definition) is 1. The lowest BCUT2D eigenvalue weighted by Gasteiger charge is -2.56. The van der Waals surface area contributed by atoms with Crippen molar-refractivity contribution < 1.29 is 9.21 Å². The summed E-state index contributed by atoms with van der Waals surface area (Å²) in [4.78, 5) is 14.7. The molecule has 0 spiro atoms. The molecule has 4 nitrogen and oxygen atoms in total. The van der Waals surface area contributed by atoms with Gasteiger partial charge < -0.3 is 14.6 Å². The fraction of sp³-hybridized carbons (Fsp3) is 0.458. The third kappa shape index (κ3) is 3.32. The minimum atomic E-state index is -0.00372. The molecule has 2 heterocycles. The highest BCUT2D eigenvalue weighted by molar-refractivity contribution is 6.04. The van der Waals surface area contributed by atoms with Gasteiger partial charge in [0.05, 0.1) is 12.5 Å². The maximum absolute atomic E-state index is 12.8. The average molecular weight is 413 g/mol. The van der Waals surface area contributed by atoms with Crippen molar-refractivity contribution in [1.29, 1.82) is 0 Å². The largest absolute Gasteiger partial charge is 0.472 e. The van der Waals surface area contributed by atoms with E-state index < -0.39 is 0 Å². The molecule has 2 fully saturated rings. The fourth-order valence-electron chi connectivity index (χ4n) is 6.03. The molecule has 154 valence electrons. The minimum absolute atomic E-state index is 0. The molecule has 3 aliphatic rings. The van der Waals surface area contributed by atoms with E-state index in [0.29, 0.717) is 11.5 Å². The molecular weight excluding hydrogens is 384 g/mol. The molecular formula is C24H29ClN2O2. The minimum Gasteiger partial charge on any atom is -0.472 e. The zero-order chi connectivity index (χ0) is 19.1. The number of carbonyl (C=O) groups is 1. The Hall–Kier alpha value is -2.04. The van der Waals surface area contributed by atoms with E-state index in [4.69, 9.17) is 4.42 Å². The molecule has 1 N–H and O–H groups in total. The first kappa shape index (κ1) is 20.2. The zero-order valence-electron chi connectivity index (χ0n) is 16.9. The lowest BCUT2D eigenvalue weighted by Crippen LogP contribution is -2.59. The SMILES string of the molecule is CN(C(=O)C=Cc1ccoc1)c1cccc2c1C[C@H]1NCC[C@@]23CCCC[C@@H]13.Cl. The number of nitrogens with one attached hydrogen (secondary N) is 1. The van der Waals surface area contributed by atoms with Gasteiger partial charge in [-0.3, -0.25) is 4.79 Å². The predicted molar refractivity (Wildman–Crippen MR) is 119 cm³/mol. The first-order valence-corrected chi connectivity index (χ1v) is 10.5. The van der Waals surface area contributed by atoms with Crippen molar-refractivity contribution in [2.24, 2.45) is 5.92 Å². The molecule has 2 bridgehead atoms. The molecule has 1 saturated carbocycles. The second-order valence-corrected chi connectivity index (χ2v) is 8.61. The smallest absolute Gasteiger partial charge is 0.250 e. The van der Waals surface area contributed by atoms with E-state index in [0.717, 1.165) is 30.1 Å². The number of furan rings is 1. The van der Waals surface area contributed by atoms with Crippen LogP contribution in [0.1, 0.15) is 48.8 Å². The summed E-state index contributed by atoms with van der Waals surface area (Å²) in [6.45, 7) is 1.12. The molecule has 5 rings (SSSR count). The summed E-state index contributed by atoms with van der Waals surface area (Å²) in [6.07, 6.45) is 14.3. The topological polar surface area (TPSA) is 45.5 Å². The number of nitrogens with zero attached hydrogens (tertiary/aromatic N) is 1. The Balaban J connectivity index is 0.00000205. The van der Waals surface area contributed by atoms with Crippen molar-refractivity contribution >= 4 is 30.1 Å². The summed E-state index contributed by atoms with van der Waals surface area (Å²) in [5.41, 5.74) is 5.18. The highest BCUT2D eigenvalue weighted by Crippen LogP contribution is 2.55. The van der Waals surface area contributed by atoms with Crippen molar-refractivity contribution in [1.82, 2.24) is 5.32 Å². The van der Waals surface area contributed by atoms with Crippen LogP contribution in [-0.4, -0.2) is 25.5 Å². The van der Waals surface area contributed by atoms with E-state index in [1.54, 1.807) is 18.6 Å². The second-order valence-electron chi connectivity index (χ2n) is 8.61. The van der Waals surface area contributed by atoms with Crippen LogP contribution in [0.5, 0.6) is 0 Å². The Morgan fingerprint density at radius 3 is 3.00 bits per heavy atom. The quantitative estimate of drug-likeness (QED) is 0.741. The Kier molecular flexibility index (Phi) is 5.58. The Morgan fingerprint density at radius 1 is 1.28 bits per heavy atom. The molecule has 1 saturated heterocycles. The predicted octanol–water partition coefficient (Wildman–Crippen LogP) is 4.72. The van der Waals surface area contributed by atoms with Crippen LogP contribution in [0.4, 0.5) is 5.69 Å². The number of carbonyl (C=O) groups excluding carboxylic acids is 1. The van der Waals surface area contributed by atoms with E-state index in [2.05, 4.69) is 23.5 Å². The third-order valence-electron chi connectivity index (χ3n) is 7.33. The van der Waals surface area contributed by atoms with Crippen LogP contribution < -0.4 is 10.2 Å². The molecule has 2 aromatic rings. The number of halogens is 1. The summed E-state index contributed by atoms with van der Waals surface area (Å²) >= 11 is 0. The number of anilines is 1. The van der Waals surface area contributed by atoms with Gasteiger partial charge in [-0.1, -0.05) is 25.0 Å². The molecule has 0 unspecified atom stereocenters. The first-order valence-electron chi connectivity index (χ1n) is 10.5. The van der Waals surface area contributed by atoms with Crippen LogP contribution in [0.3, 0.4) is 0 Å². The van der Waals surface area contributed by atoms with Gasteiger partial charge in [-0.2, -0.15) is 0 Å². The molecule has 1 amide bonds. The fourth-order valence-corrected chi connectivity index (χ4v) is 6.03. The second kappa shape index (κ2) is 8.00. The van der Waals surface area contributed by atoms with E-state index in [9.17, 15) is 4.79 Å². The number of fused-ring (bicyclic) bond motifs is 1. The van der Waals surface area contributed by atoms with Gasteiger partial charge in [0.25, 0.3) is 5.91 Å².